The Bertz CT molecular complexity index is 854. The molecule has 1 aromatic heterocycles. The van der Waals surface area contributed by atoms with Gasteiger partial charge in [0, 0.05) is 16.8 Å². The van der Waals surface area contributed by atoms with E-state index in [9.17, 15) is 9.59 Å². The first-order valence-corrected chi connectivity index (χ1v) is 6.80. The van der Waals surface area contributed by atoms with Crippen molar-refractivity contribution < 1.29 is 9.59 Å². The minimum atomic E-state index is -0.0419. The van der Waals surface area contributed by atoms with Gasteiger partial charge in [0.2, 0.25) is 0 Å². The van der Waals surface area contributed by atoms with Crippen LogP contribution in [0.3, 0.4) is 0 Å². The van der Waals surface area contributed by atoms with E-state index < -0.39 is 0 Å². The number of aromatic nitrogens is 1. The quantitative estimate of drug-likeness (QED) is 0.577. The Kier molecular flexibility index (Phi) is 3.18. The number of carbonyl (C=O) groups is 2. The highest BCUT2D eigenvalue weighted by Crippen LogP contribution is 2.34. The molecule has 0 amide bonds. The first-order chi connectivity index (χ1) is 10.1. The molecule has 1 N–H and O–H groups in total. The van der Waals surface area contributed by atoms with Gasteiger partial charge in [-0.1, -0.05) is 42.5 Å². The zero-order valence-corrected chi connectivity index (χ0v) is 11.9. The van der Waals surface area contributed by atoms with E-state index in [1.807, 2.05) is 49.4 Å². The number of benzene rings is 2. The Morgan fingerprint density at radius 2 is 1.81 bits per heavy atom. The van der Waals surface area contributed by atoms with Crippen LogP contribution in [0.1, 0.15) is 33.5 Å². The van der Waals surface area contributed by atoms with Crippen LogP contribution < -0.4 is 0 Å². The first kappa shape index (κ1) is 13.3. The normalized spacial score (nSPS) is 10.8. The third-order valence-electron chi connectivity index (χ3n) is 3.75. The number of ketones is 1. The van der Waals surface area contributed by atoms with E-state index in [1.54, 1.807) is 0 Å². The van der Waals surface area contributed by atoms with E-state index >= 15 is 0 Å². The molecule has 0 saturated heterocycles. The fourth-order valence-corrected chi connectivity index (χ4v) is 2.90. The molecule has 0 fully saturated rings. The maximum atomic E-state index is 12.0. The van der Waals surface area contributed by atoms with Crippen molar-refractivity contribution in [3.8, 4) is 11.1 Å². The standard InChI is InChI=1S/C18H15NO2/c1-11-17(12(2)21)18(16(10-20)19-11)15-9-5-7-13-6-3-4-8-14(13)15/h3-10,19H,1-2H3. The van der Waals surface area contributed by atoms with Crippen molar-refractivity contribution in [2.75, 3.05) is 0 Å². The average molecular weight is 277 g/mol. The lowest BCUT2D eigenvalue weighted by atomic mass is 9.93. The van der Waals surface area contributed by atoms with Crippen molar-refractivity contribution in [1.29, 1.82) is 0 Å². The Labute approximate surface area is 122 Å². The van der Waals surface area contributed by atoms with E-state index in [2.05, 4.69) is 4.98 Å². The highest BCUT2D eigenvalue weighted by Gasteiger charge is 2.20. The number of hydrogen-bond acceptors (Lipinski definition) is 2. The van der Waals surface area contributed by atoms with Crippen molar-refractivity contribution in [2.45, 2.75) is 13.8 Å². The minimum Gasteiger partial charge on any atom is -0.355 e. The smallest absolute Gasteiger partial charge is 0.166 e. The number of fused-ring (bicyclic) bond motifs is 1. The molecule has 3 rings (SSSR count). The van der Waals surface area contributed by atoms with Gasteiger partial charge in [-0.25, -0.2) is 0 Å². The second-order valence-electron chi connectivity index (χ2n) is 5.11. The number of aryl methyl sites for hydroxylation is 1. The van der Waals surface area contributed by atoms with E-state index in [-0.39, 0.29) is 5.78 Å². The molecule has 0 atom stereocenters. The maximum absolute atomic E-state index is 12.0. The van der Waals surface area contributed by atoms with Crippen LogP contribution in [0, 0.1) is 6.92 Å². The van der Waals surface area contributed by atoms with Gasteiger partial charge < -0.3 is 4.98 Å². The molecular weight excluding hydrogens is 262 g/mol. The highest BCUT2D eigenvalue weighted by atomic mass is 16.1. The van der Waals surface area contributed by atoms with Gasteiger partial charge in [-0.05, 0) is 30.2 Å². The fraction of sp³-hybridized carbons (Fsp3) is 0.111. The average Bonchev–Trinajstić information content (AvgIpc) is 2.83. The third-order valence-corrected chi connectivity index (χ3v) is 3.75. The molecular formula is C18H15NO2. The predicted molar refractivity (Wildman–Crippen MR) is 83.9 cm³/mol. The Morgan fingerprint density at radius 1 is 1.10 bits per heavy atom. The van der Waals surface area contributed by atoms with Crippen LogP contribution >= 0.6 is 0 Å². The molecule has 0 aliphatic rings. The summed E-state index contributed by atoms with van der Waals surface area (Å²) < 4.78 is 0. The molecule has 0 aliphatic heterocycles. The molecule has 0 saturated carbocycles. The first-order valence-electron chi connectivity index (χ1n) is 6.80. The molecule has 104 valence electrons. The molecule has 2 aromatic carbocycles. The topological polar surface area (TPSA) is 49.9 Å². The molecule has 1 heterocycles. The Hall–Kier alpha value is -2.68. The van der Waals surface area contributed by atoms with Gasteiger partial charge in [-0.15, -0.1) is 0 Å². The summed E-state index contributed by atoms with van der Waals surface area (Å²) >= 11 is 0. The van der Waals surface area contributed by atoms with Gasteiger partial charge >= 0.3 is 0 Å². The van der Waals surface area contributed by atoms with Crippen LogP contribution in [0.15, 0.2) is 42.5 Å². The predicted octanol–water partition coefficient (Wildman–Crippen LogP) is 4.16. The Balaban J connectivity index is 2.43. The van der Waals surface area contributed by atoms with Crippen LogP contribution in [0.2, 0.25) is 0 Å². The summed E-state index contributed by atoms with van der Waals surface area (Å²) in [5.74, 6) is -0.0419. The van der Waals surface area contributed by atoms with Gasteiger partial charge in [0.25, 0.3) is 0 Å². The lowest BCUT2D eigenvalue weighted by molar-refractivity contribution is 0.101. The molecule has 0 radical (unpaired) electrons. The summed E-state index contributed by atoms with van der Waals surface area (Å²) in [6.07, 6.45) is 0.774. The van der Waals surface area contributed by atoms with Gasteiger partial charge in [-0.3, -0.25) is 9.59 Å². The number of nitrogens with one attached hydrogen (secondary N) is 1. The highest BCUT2D eigenvalue weighted by molar-refractivity contribution is 6.10. The fourth-order valence-electron chi connectivity index (χ4n) is 2.90. The van der Waals surface area contributed by atoms with E-state index in [4.69, 9.17) is 0 Å². The second-order valence-corrected chi connectivity index (χ2v) is 5.11. The molecule has 0 aliphatic carbocycles. The summed E-state index contributed by atoms with van der Waals surface area (Å²) in [7, 11) is 0. The lowest BCUT2D eigenvalue weighted by Gasteiger charge is -2.08. The summed E-state index contributed by atoms with van der Waals surface area (Å²) in [5.41, 5.74) is 3.38. The molecule has 0 bridgehead atoms. The van der Waals surface area contributed by atoms with Gasteiger partial charge in [0.1, 0.15) is 0 Å². The van der Waals surface area contributed by atoms with E-state index in [0.717, 1.165) is 28.3 Å². The maximum Gasteiger partial charge on any atom is 0.166 e. The lowest BCUT2D eigenvalue weighted by Crippen LogP contribution is -1.96. The van der Waals surface area contributed by atoms with E-state index in [0.29, 0.717) is 16.8 Å². The molecule has 21 heavy (non-hydrogen) atoms. The minimum absolute atomic E-state index is 0.0419. The monoisotopic (exact) mass is 277 g/mol. The van der Waals surface area contributed by atoms with Crippen molar-refractivity contribution in [3.05, 3.63) is 59.4 Å². The number of hydrogen-bond donors (Lipinski definition) is 1. The zero-order valence-electron chi connectivity index (χ0n) is 11.9. The second kappa shape index (κ2) is 5.02. The number of H-pyrrole nitrogens is 1. The van der Waals surface area contributed by atoms with Crippen LogP contribution in [0.4, 0.5) is 0 Å². The van der Waals surface area contributed by atoms with Crippen molar-refractivity contribution >= 4 is 22.8 Å². The third kappa shape index (κ3) is 2.07. The number of carbonyl (C=O) groups excluding carboxylic acids is 2. The Morgan fingerprint density at radius 3 is 2.52 bits per heavy atom. The largest absolute Gasteiger partial charge is 0.355 e. The number of aromatic amines is 1. The SMILES string of the molecule is CC(=O)c1c(C)[nH]c(C=O)c1-c1cccc2ccccc12. The number of aldehydes is 1. The van der Waals surface area contributed by atoms with Gasteiger partial charge in [0.05, 0.1) is 5.69 Å². The number of Topliss-reactive ketones (excluding diaryl/α,β-unsaturated/α-hetero) is 1. The van der Waals surface area contributed by atoms with Crippen LogP contribution in [-0.4, -0.2) is 17.1 Å². The molecule has 0 unspecified atom stereocenters. The summed E-state index contributed by atoms with van der Waals surface area (Å²) in [4.78, 5) is 26.4. The van der Waals surface area contributed by atoms with Crippen LogP contribution in [0.5, 0.6) is 0 Å². The molecule has 3 heteroatoms. The van der Waals surface area contributed by atoms with E-state index in [1.165, 1.54) is 6.92 Å². The molecule has 0 spiro atoms. The summed E-state index contributed by atoms with van der Waals surface area (Å²) in [6, 6.07) is 13.9. The summed E-state index contributed by atoms with van der Waals surface area (Å²) in [5, 5.41) is 2.12. The summed E-state index contributed by atoms with van der Waals surface area (Å²) in [6.45, 7) is 3.34. The van der Waals surface area contributed by atoms with Gasteiger partial charge in [0.15, 0.2) is 12.1 Å². The van der Waals surface area contributed by atoms with Gasteiger partial charge in [-0.2, -0.15) is 0 Å². The van der Waals surface area contributed by atoms with Crippen molar-refractivity contribution in [2.24, 2.45) is 0 Å². The molecule has 3 nitrogen and oxygen atoms in total. The molecule has 3 aromatic rings. The number of rotatable bonds is 3. The van der Waals surface area contributed by atoms with Crippen molar-refractivity contribution in [1.82, 2.24) is 4.98 Å². The van der Waals surface area contributed by atoms with Crippen LogP contribution in [0.25, 0.3) is 21.9 Å². The van der Waals surface area contributed by atoms with Crippen LogP contribution in [-0.2, 0) is 0 Å². The zero-order chi connectivity index (χ0) is 15.0. The van der Waals surface area contributed by atoms with Crippen molar-refractivity contribution in [3.63, 3.8) is 0 Å².